The second-order valence-corrected chi connectivity index (χ2v) is 4.98. The van der Waals surface area contributed by atoms with Crippen LogP contribution in [-0.2, 0) is 12.8 Å². The summed E-state index contributed by atoms with van der Waals surface area (Å²) in [6, 6.07) is 9.02. The van der Waals surface area contributed by atoms with Crippen LogP contribution in [0.15, 0.2) is 59.7 Å². The van der Waals surface area contributed by atoms with Gasteiger partial charge in [0.25, 0.3) is 0 Å². The average molecular weight is 221 g/mol. The van der Waals surface area contributed by atoms with E-state index >= 15 is 0 Å². The monoisotopic (exact) mass is 221 g/mol. The summed E-state index contributed by atoms with van der Waals surface area (Å²) in [5.41, 5.74) is 6.93. The fraction of sp³-hybridized carbons (Fsp3) is 0.235. The van der Waals surface area contributed by atoms with Crippen molar-refractivity contribution in [2.45, 2.75) is 25.7 Å². The predicted molar refractivity (Wildman–Crippen MR) is 72.7 cm³/mol. The first kappa shape index (κ1) is 10.5. The first-order valence-electron chi connectivity index (χ1n) is 6.32. The minimum absolute atomic E-state index is 1.12. The maximum atomic E-state index is 4.08. The average Bonchev–Trinajstić information content (AvgIpc) is 2.33. The molecule has 0 N–H and O–H groups in total. The van der Waals surface area contributed by atoms with Crippen LogP contribution < -0.4 is 0 Å². The van der Waals surface area contributed by atoms with Crippen molar-refractivity contribution in [3.8, 4) is 0 Å². The van der Waals surface area contributed by atoms with E-state index in [1.165, 1.54) is 22.3 Å². The third-order valence-electron chi connectivity index (χ3n) is 3.51. The van der Waals surface area contributed by atoms with Crippen LogP contribution in [0.5, 0.6) is 0 Å². The third kappa shape index (κ3) is 2.36. The van der Waals surface area contributed by atoms with Gasteiger partial charge in [-0.25, -0.2) is 0 Å². The molecule has 0 aromatic heterocycles. The van der Waals surface area contributed by atoms with Crippen LogP contribution in [0.3, 0.4) is 0 Å². The molecule has 0 unspecified atom stereocenters. The summed E-state index contributed by atoms with van der Waals surface area (Å²) >= 11 is 0. The summed E-state index contributed by atoms with van der Waals surface area (Å²) in [7, 11) is 0. The van der Waals surface area contributed by atoms with Crippen molar-refractivity contribution in [1.29, 1.82) is 0 Å². The number of rotatable bonds is 0. The predicted octanol–water partition coefficient (Wildman–Crippen LogP) is 4.19. The summed E-state index contributed by atoms with van der Waals surface area (Å²) in [4.78, 5) is 0. The van der Waals surface area contributed by atoms with Crippen LogP contribution >= 0.6 is 0 Å². The molecule has 0 aliphatic heterocycles. The smallest absolute Gasteiger partial charge is 0.0647 e. The molecular formula is C17H17+. The molecular weight excluding hydrogens is 204 g/mol. The summed E-state index contributed by atoms with van der Waals surface area (Å²) in [6.45, 7) is 4.08. The van der Waals surface area contributed by atoms with Gasteiger partial charge in [-0.1, -0.05) is 30.8 Å². The Morgan fingerprint density at radius 1 is 0.882 bits per heavy atom. The van der Waals surface area contributed by atoms with Crippen molar-refractivity contribution < 1.29 is 0 Å². The van der Waals surface area contributed by atoms with Gasteiger partial charge in [0.15, 0.2) is 0 Å². The van der Waals surface area contributed by atoms with Crippen LogP contribution in [-0.4, -0.2) is 0 Å². The van der Waals surface area contributed by atoms with E-state index in [0.29, 0.717) is 0 Å². The van der Waals surface area contributed by atoms with Gasteiger partial charge in [-0.3, -0.25) is 0 Å². The van der Waals surface area contributed by atoms with Crippen molar-refractivity contribution in [2.75, 3.05) is 0 Å². The fourth-order valence-electron chi connectivity index (χ4n) is 2.65. The molecule has 1 aromatic rings. The second kappa shape index (κ2) is 4.29. The lowest BCUT2D eigenvalue weighted by Gasteiger charge is -2.13. The molecule has 2 aliphatic rings. The van der Waals surface area contributed by atoms with Gasteiger partial charge in [-0.05, 0) is 24.0 Å². The van der Waals surface area contributed by atoms with E-state index in [-0.39, 0.29) is 0 Å². The van der Waals surface area contributed by atoms with Crippen molar-refractivity contribution in [3.63, 3.8) is 0 Å². The van der Waals surface area contributed by atoms with E-state index in [9.17, 15) is 0 Å². The Labute approximate surface area is 103 Å². The molecule has 0 heteroatoms. The van der Waals surface area contributed by atoms with Crippen molar-refractivity contribution in [3.05, 3.63) is 77.3 Å². The molecule has 2 aliphatic carbocycles. The third-order valence-corrected chi connectivity index (χ3v) is 3.51. The standard InChI is InChI=1S/C17H17/c1-13-9-16-7-5-14-3-2-4-15(11-14)6-8-17(10-13)12-16/h2-4,9-12H,1,5-8H2/q+1. The number of aryl methyl sites for hydroxylation is 2. The topological polar surface area (TPSA) is 0 Å². The highest BCUT2D eigenvalue weighted by molar-refractivity contribution is 5.48. The summed E-state index contributed by atoms with van der Waals surface area (Å²) in [5.74, 6) is 0. The molecule has 0 atom stereocenters. The quantitative estimate of drug-likeness (QED) is 0.576. The van der Waals surface area contributed by atoms with Gasteiger partial charge in [-0.2, -0.15) is 0 Å². The highest BCUT2D eigenvalue weighted by Crippen LogP contribution is 2.28. The van der Waals surface area contributed by atoms with E-state index < -0.39 is 0 Å². The zero-order valence-electron chi connectivity index (χ0n) is 10.1. The number of fused-ring (bicyclic) bond motifs is 4. The minimum atomic E-state index is 1.12. The van der Waals surface area contributed by atoms with E-state index in [2.05, 4.69) is 49.4 Å². The van der Waals surface area contributed by atoms with Gasteiger partial charge >= 0.3 is 0 Å². The highest BCUT2D eigenvalue weighted by atomic mass is 14.2. The Bertz CT molecular complexity index is 473. The molecule has 0 radical (unpaired) electrons. The van der Waals surface area contributed by atoms with E-state index in [1.807, 2.05) is 0 Å². The van der Waals surface area contributed by atoms with Gasteiger partial charge in [0.05, 0.1) is 16.7 Å². The van der Waals surface area contributed by atoms with Gasteiger partial charge in [0.1, 0.15) is 0 Å². The zero-order valence-corrected chi connectivity index (χ0v) is 10.1. The molecule has 0 fully saturated rings. The van der Waals surface area contributed by atoms with Crippen molar-refractivity contribution in [2.24, 2.45) is 0 Å². The van der Waals surface area contributed by atoms with Crippen LogP contribution in [0.1, 0.15) is 24.0 Å². The van der Waals surface area contributed by atoms with Crippen LogP contribution in [0.25, 0.3) is 0 Å². The van der Waals surface area contributed by atoms with Gasteiger partial charge in [0, 0.05) is 31.4 Å². The van der Waals surface area contributed by atoms with Gasteiger partial charge in [-0.15, -0.1) is 0 Å². The van der Waals surface area contributed by atoms with Crippen molar-refractivity contribution in [1.82, 2.24) is 0 Å². The zero-order chi connectivity index (χ0) is 11.7. The Balaban J connectivity index is 1.94. The Hall–Kier alpha value is -1.69. The molecule has 0 spiro atoms. The second-order valence-electron chi connectivity index (χ2n) is 4.98. The number of hydrogen-bond donors (Lipinski definition) is 0. The van der Waals surface area contributed by atoms with E-state index in [4.69, 9.17) is 0 Å². The molecule has 4 bridgehead atoms. The Morgan fingerprint density at radius 3 is 2.06 bits per heavy atom. The lowest BCUT2D eigenvalue weighted by Crippen LogP contribution is -2.02. The minimum Gasteiger partial charge on any atom is -0.0647 e. The molecule has 0 amide bonds. The summed E-state index contributed by atoms with van der Waals surface area (Å²) < 4.78 is 0. The van der Waals surface area contributed by atoms with E-state index in [1.54, 1.807) is 0 Å². The maximum absolute atomic E-state index is 4.08. The first-order valence-corrected chi connectivity index (χ1v) is 6.32. The number of allylic oxidation sites excluding steroid dienone is 5. The molecule has 0 saturated carbocycles. The molecule has 0 nitrogen and oxygen atoms in total. The largest absolute Gasteiger partial charge is 0.0772 e. The number of benzene rings is 1. The molecule has 0 saturated heterocycles. The van der Waals surface area contributed by atoms with Crippen LogP contribution in [0, 0.1) is 6.42 Å². The molecule has 0 heterocycles. The van der Waals surface area contributed by atoms with Crippen molar-refractivity contribution >= 4 is 0 Å². The lowest BCUT2D eigenvalue weighted by atomic mass is 9.87. The Morgan fingerprint density at radius 2 is 1.47 bits per heavy atom. The molecule has 84 valence electrons. The molecule has 3 rings (SSSR count). The van der Waals surface area contributed by atoms with E-state index in [0.717, 1.165) is 31.3 Å². The van der Waals surface area contributed by atoms with Gasteiger partial charge < -0.3 is 0 Å². The fourth-order valence-corrected chi connectivity index (χ4v) is 2.65. The lowest BCUT2D eigenvalue weighted by molar-refractivity contribution is 0.879. The highest BCUT2D eigenvalue weighted by Gasteiger charge is 2.18. The normalized spacial score (nSPS) is 18.9. The number of hydrogen-bond acceptors (Lipinski definition) is 0. The maximum Gasteiger partial charge on any atom is 0.0772 e. The first-order chi connectivity index (χ1) is 8.29. The summed E-state index contributed by atoms with van der Waals surface area (Å²) in [5, 5.41) is 0. The van der Waals surface area contributed by atoms with Crippen LogP contribution in [0.4, 0.5) is 0 Å². The SMILES string of the molecule is C=C1C=C2[CH+]C(=C1)CCc1cccc(c1)CC2. The molecule has 17 heavy (non-hydrogen) atoms. The van der Waals surface area contributed by atoms with Crippen LogP contribution in [0.2, 0.25) is 0 Å². The summed E-state index contributed by atoms with van der Waals surface area (Å²) in [6.07, 6.45) is 11.3. The van der Waals surface area contributed by atoms with Gasteiger partial charge in [0.2, 0.25) is 0 Å². The molecule has 1 aromatic carbocycles. The Kier molecular flexibility index (Phi) is 2.64.